The van der Waals surface area contributed by atoms with Crippen molar-refractivity contribution in [1.29, 1.82) is 0 Å². The van der Waals surface area contributed by atoms with Gasteiger partial charge < -0.3 is 9.26 Å². The molecule has 6 heteroatoms. The first-order valence-electron chi connectivity index (χ1n) is 7.38. The number of hydrogen-bond acceptors (Lipinski definition) is 4. The molecule has 0 saturated heterocycles. The molecule has 0 spiro atoms. The number of ether oxygens (including phenoxy) is 1. The van der Waals surface area contributed by atoms with Crippen LogP contribution >= 0.6 is 15.9 Å². The van der Waals surface area contributed by atoms with E-state index in [1.54, 1.807) is 6.92 Å². The average molecular weight is 381 g/mol. The maximum Gasteiger partial charge on any atom is 0.412 e. The van der Waals surface area contributed by atoms with Crippen LogP contribution in [0, 0.1) is 12.3 Å². The van der Waals surface area contributed by atoms with Crippen LogP contribution in [0.15, 0.2) is 33.3 Å². The van der Waals surface area contributed by atoms with Gasteiger partial charge in [0.2, 0.25) is 0 Å². The average Bonchev–Trinajstić information content (AvgIpc) is 2.80. The van der Waals surface area contributed by atoms with E-state index in [-0.39, 0.29) is 11.5 Å². The van der Waals surface area contributed by atoms with Crippen molar-refractivity contribution in [3.05, 3.63) is 34.4 Å². The molecule has 2 rings (SSSR count). The highest BCUT2D eigenvalue weighted by Crippen LogP contribution is 2.32. The summed E-state index contributed by atoms with van der Waals surface area (Å²) in [6, 6.07) is 7.57. The van der Waals surface area contributed by atoms with Gasteiger partial charge in [0.25, 0.3) is 0 Å². The van der Waals surface area contributed by atoms with Gasteiger partial charge in [-0.25, -0.2) is 4.79 Å². The number of hydrogen-bond donors (Lipinski definition) is 1. The van der Waals surface area contributed by atoms with Crippen LogP contribution in [0.1, 0.15) is 33.4 Å². The molecule has 5 nitrogen and oxygen atoms in total. The van der Waals surface area contributed by atoms with Crippen LogP contribution in [0.5, 0.6) is 0 Å². The monoisotopic (exact) mass is 380 g/mol. The van der Waals surface area contributed by atoms with Gasteiger partial charge in [-0.2, -0.15) is 0 Å². The first-order valence-corrected chi connectivity index (χ1v) is 8.17. The quantitative estimate of drug-likeness (QED) is 0.774. The van der Waals surface area contributed by atoms with E-state index in [0.29, 0.717) is 17.1 Å². The molecule has 1 aromatic heterocycles. The summed E-state index contributed by atoms with van der Waals surface area (Å²) in [5, 5.41) is 6.69. The smallest absolute Gasteiger partial charge is 0.412 e. The van der Waals surface area contributed by atoms with E-state index in [1.165, 1.54) is 0 Å². The minimum Gasteiger partial charge on any atom is -0.446 e. The number of carbonyl (C=O) groups is 1. The number of benzene rings is 1. The maximum atomic E-state index is 12.1. The molecule has 0 fully saturated rings. The largest absolute Gasteiger partial charge is 0.446 e. The molecular formula is C17H21BrN2O3. The molecule has 0 aliphatic heterocycles. The predicted octanol–water partition coefficient (Wildman–Crippen LogP) is 5.40. The lowest BCUT2D eigenvalue weighted by molar-refractivity contribution is 0.0527. The van der Waals surface area contributed by atoms with Gasteiger partial charge in [0.05, 0.1) is 0 Å². The Labute approximate surface area is 144 Å². The molecule has 124 valence electrons. The summed E-state index contributed by atoms with van der Waals surface area (Å²) in [7, 11) is 0. The van der Waals surface area contributed by atoms with E-state index >= 15 is 0 Å². The zero-order valence-electron chi connectivity index (χ0n) is 13.9. The second-order valence-electron chi connectivity index (χ2n) is 6.52. The summed E-state index contributed by atoms with van der Waals surface area (Å²) >= 11 is 3.39. The molecule has 0 aliphatic carbocycles. The third kappa shape index (κ3) is 4.34. The van der Waals surface area contributed by atoms with Crippen molar-refractivity contribution >= 4 is 27.7 Å². The van der Waals surface area contributed by atoms with Crippen LogP contribution in [0.4, 0.5) is 10.5 Å². The molecule has 0 bridgehead atoms. The van der Waals surface area contributed by atoms with Crippen molar-refractivity contribution in [2.45, 2.75) is 40.7 Å². The Morgan fingerprint density at radius 3 is 2.48 bits per heavy atom. The van der Waals surface area contributed by atoms with Gasteiger partial charge in [0.1, 0.15) is 17.5 Å². The number of aryl methyl sites for hydroxylation is 1. The Morgan fingerprint density at radius 1 is 1.30 bits per heavy atom. The molecular weight excluding hydrogens is 360 g/mol. The summed E-state index contributed by atoms with van der Waals surface area (Å²) in [5.74, 6) is 0.510. The van der Waals surface area contributed by atoms with Crippen molar-refractivity contribution in [2.24, 2.45) is 5.41 Å². The third-order valence-electron chi connectivity index (χ3n) is 3.70. The fourth-order valence-corrected chi connectivity index (χ4v) is 2.05. The number of rotatable bonds is 3. The number of nitrogens with zero attached hydrogens (tertiary/aromatic N) is 1. The van der Waals surface area contributed by atoms with E-state index in [4.69, 9.17) is 9.26 Å². The molecule has 1 amide bonds. The lowest BCUT2D eigenvalue weighted by Gasteiger charge is -2.26. The van der Waals surface area contributed by atoms with Gasteiger partial charge in [0, 0.05) is 10.0 Å². The zero-order chi connectivity index (χ0) is 17.2. The number of aromatic nitrogens is 1. The highest BCUT2D eigenvalue weighted by Gasteiger charge is 2.25. The molecule has 0 saturated carbocycles. The lowest BCUT2D eigenvalue weighted by Crippen LogP contribution is -2.30. The van der Waals surface area contributed by atoms with Crippen molar-refractivity contribution in [2.75, 3.05) is 5.32 Å². The molecule has 0 aliphatic rings. The van der Waals surface area contributed by atoms with Crippen molar-refractivity contribution < 1.29 is 14.1 Å². The Kier molecular flexibility index (Phi) is 5.14. The zero-order valence-corrected chi connectivity index (χ0v) is 15.5. The van der Waals surface area contributed by atoms with E-state index in [9.17, 15) is 4.79 Å². The van der Waals surface area contributed by atoms with Crippen molar-refractivity contribution in [3.8, 4) is 11.3 Å². The maximum absolute atomic E-state index is 12.1. The summed E-state index contributed by atoms with van der Waals surface area (Å²) in [4.78, 5) is 12.1. The first-order chi connectivity index (χ1) is 10.7. The van der Waals surface area contributed by atoms with Crippen LogP contribution < -0.4 is 5.32 Å². The Morgan fingerprint density at radius 2 is 1.91 bits per heavy atom. The summed E-state index contributed by atoms with van der Waals surface area (Å²) < 4.78 is 11.7. The number of halogens is 1. The van der Waals surface area contributed by atoms with E-state index in [2.05, 4.69) is 26.4 Å². The highest BCUT2D eigenvalue weighted by molar-refractivity contribution is 9.10. The van der Waals surface area contributed by atoms with Gasteiger partial charge in [-0.3, -0.25) is 5.32 Å². The lowest BCUT2D eigenvalue weighted by atomic mass is 9.90. The third-order valence-corrected chi connectivity index (χ3v) is 4.23. The summed E-state index contributed by atoms with van der Waals surface area (Å²) in [6.07, 6.45) is -0.740. The number of nitrogens with one attached hydrogen (secondary N) is 1. The molecule has 1 N–H and O–H groups in total. The SMILES string of the molecule is Cc1noc(-c2ccc(Br)cc2)c1NC(=O)O[C@H](C)C(C)(C)C. The van der Waals surface area contributed by atoms with Gasteiger partial charge in [0.15, 0.2) is 5.76 Å². The number of anilines is 1. The van der Waals surface area contributed by atoms with Crippen molar-refractivity contribution in [1.82, 2.24) is 5.16 Å². The van der Waals surface area contributed by atoms with Crippen molar-refractivity contribution in [3.63, 3.8) is 0 Å². The minimum atomic E-state index is -0.517. The number of amides is 1. The minimum absolute atomic E-state index is 0.129. The van der Waals surface area contributed by atoms with Gasteiger partial charge in [-0.05, 0) is 43.5 Å². The van der Waals surface area contributed by atoms with Crippen LogP contribution in [-0.2, 0) is 4.74 Å². The van der Waals surface area contributed by atoms with Crippen LogP contribution in [-0.4, -0.2) is 17.4 Å². The molecule has 0 radical (unpaired) electrons. The first kappa shape index (κ1) is 17.5. The molecule has 2 aromatic rings. The normalized spacial score (nSPS) is 12.8. The van der Waals surface area contributed by atoms with E-state index in [0.717, 1.165) is 10.0 Å². The van der Waals surface area contributed by atoms with Gasteiger partial charge in [-0.15, -0.1) is 0 Å². The molecule has 1 atom stereocenters. The second kappa shape index (κ2) is 6.74. The Balaban J connectivity index is 2.19. The fourth-order valence-electron chi connectivity index (χ4n) is 1.78. The topological polar surface area (TPSA) is 64.4 Å². The van der Waals surface area contributed by atoms with Gasteiger partial charge >= 0.3 is 6.09 Å². The second-order valence-corrected chi connectivity index (χ2v) is 7.43. The Bertz CT molecular complexity index is 687. The predicted molar refractivity (Wildman–Crippen MR) is 93.4 cm³/mol. The molecule has 0 unspecified atom stereocenters. The molecule has 1 aromatic carbocycles. The summed E-state index contributed by atoms with van der Waals surface area (Å²) in [5.41, 5.74) is 1.82. The highest BCUT2D eigenvalue weighted by atomic mass is 79.9. The van der Waals surface area contributed by atoms with Crippen LogP contribution in [0.2, 0.25) is 0 Å². The molecule has 23 heavy (non-hydrogen) atoms. The standard InChI is InChI=1S/C17H21BrN2O3/c1-10-14(19-16(21)22-11(2)17(3,4)5)15(23-20-10)12-6-8-13(18)9-7-12/h6-9,11H,1-5H3,(H,19,21)/t11-/m1/s1. The summed E-state index contributed by atoms with van der Waals surface area (Å²) in [6.45, 7) is 9.69. The van der Waals surface area contributed by atoms with Crippen LogP contribution in [0.25, 0.3) is 11.3 Å². The van der Waals surface area contributed by atoms with E-state index < -0.39 is 6.09 Å². The van der Waals surface area contributed by atoms with E-state index in [1.807, 2.05) is 52.0 Å². The Hall–Kier alpha value is -1.82. The van der Waals surface area contributed by atoms with Gasteiger partial charge in [-0.1, -0.05) is 41.9 Å². The number of carbonyl (C=O) groups excluding carboxylic acids is 1. The van der Waals surface area contributed by atoms with Crippen LogP contribution in [0.3, 0.4) is 0 Å². The molecule has 1 heterocycles. The fraction of sp³-hybridized carbons (Fsp3) is 0.412.